The minimum atomic E-state index is -4.18. The Morgan fingerprint density at radius 3 is 2.12 bits per heavy atom. The van der Waals surface area contributed by atoms with Gasteiger partial charge in [0.25, 0.3) is 10.0 Å². The maximum Gasteiger partial charge on any atom is 0.264 e. The molecule has 9 heteroatoms. The number of ether oxygens (including phenoxy) is 1. The summed E-state index contributed by atoms with van der Waals surface area (Å²) < 4.78 is 35.1. The van der Waals surface area contributed by atoms with E-state index in [1.165, 1.54) is 17.0 Å². The molecular formula is C33H43N3O5S. The molecule has 0 saturated carbocycles. The zero-order chi connectivity index (χ0) is 30.9. The molecule has 0 spiro atoms. The van der Waals surface area contributed by atoms with Gasteiger partial charge >= 0.3 is 0 Å². The van der Waals surface area contributed by atoms with E-state index in [0.29, 0.717) is 25.2 Å². The SMILES string of the molecule is CCOc1ccccc1N(CC(=O)N(CCc1ccccc1)[C@@H](CC)C(=O)NC(C)(C)C)S(=O)(=O)c1ccc(C)cc1. The van der Waals surface area contributed by atoms with Gasteiger partial charge in [-0.05, 0) is 77.3 Å². The molecule has 3 aromatic carbocycles. The van der Waals surface area contributed by atoms with Gasteiger partial charge in [-0.15, -0.1) is 0 Å². The maximum absolute atomic E-state index is 14.2. The Kier molecular flexibility index (Phi) is 11.2. The predicted octanol–water partition coefficient (Wildman–Crippen LogP) is 5.35. The molecule has 1 N–H and O–H groups in total. The van der Waals surface area contributed by atoms with Gasteiger partial charge in [-0.1, -0.05) is 67.1 Å². The Hall–Kier alpha value is -3.85. The molecule has 0 aliphatic rings. The van der Waals surface area contributed by atoms with E-state index in [1.54, 1.807) is 36.4 Å². The third kappa shape index (κ3) is 8.58. The van der Waals surface area contributed by atoms with Crippen LogP contribution in [0.3, 0.4) is 0 Å². The third-order valence-electron chi connectivity index (χ3n) is 6.69. The first kappa shape index (κ1) is 32.7. The molecule has 0 aliphatic carbocycles. The summed E-state index contributed by atoms with van der Waals surface area (Å²) in [5.41, 5.74) is 1.67. The van der Waals surface area contributed by atoms with Gasteiger partial charge in [0.1, 0.15) is 18.3 Å². The number of carbonyl (C=O) groups excluding carboxylic acids is 2. The Morgan fingerprint density at radius 1 is 0.905 bits per heavy atom. The van der Waals surface area contributed by atoms with E-state index in [1.807, 2.05) is 71.9 Å². The zero-order valence-electron chi connectivity index (χ0n) is 25.5. The number of nitrogens with one attached hydrogen (secondary N) is 1. The fourth-order valence-electron chi connectivity index (χ4n) is 4.64. The summed E-state index contributed by atoms with van der Waals surface area (Å²) in [5.74, 6) is -0.422. The van der Waals surface area contributed by atoms with E-state index in [2.05, 4.69) is 5.32 Å². The lowest BCUT2D eigenvalue weighted by atomic mass is 10.1. The van der Waals surface area contributed by atoms with E-state index >= 15 is 0 Å². The minimum Gasteiger partial charge on any atom is -0.492 e. The largest absolute Gasteiger partial charge is 0.492 e. The molecule has 2 amide bonds. The fourth-order valence-corrected chi connectivity index (χ4v) is 6.07. The van der Waals surface area contributed by atoms with Gasteiger partial charge in [-0.3, -0.25) is 13.9 Å². The highest BCUT2D eigenvalue weighted by Crippen LogP contribution is 2.33. The van der Waals surface area contributed by atoms with Crippen LogP contribution in [0.4, 0.5) is 5.69 Å². The van der Waals surface area contributed by atoms with Crippen LogP contribution in [0.1, 0.15) is 52.2 Å². The highest BCUT2D eigenvalue weighted by atomic mass is 32.2. The lowest BCUT2D eigenvalue weighted by Crippen LogP contribution is -2.56. The Bertz CT molecular complexity index is 1430. The van der Waals surface area contributed by atoms with Gasteiger partial charge in [0.15, 0.2) is 0 Å². The summed E-state index contributed by atoms with van der Waals surface area (Å²) in [6.07, 6.45) is 0.870. The second-order valence-corrected chi connectivity index (χ2v) is 13.1. The number of hydrogen-bond acceptors (Lipinski definition) is 5. The second kappa shape index (κ2) is 14.4. The standard InChI is InChI=1S/C33H43N3O5S/c1-7-28(32(38)34-33(4,5)6)35(23-22-26-14-10-9-11-15-26)31(37)24-36(29-16-12-13-17-30(29)41-8-2)42(39,40)27-20-18-25(3)19-21-27/h9-21,28H,7-8,22-24H2,1-6H3,(H,34,38)/t28-/m0/s1. The van der Waals surface area contributed by atoms with Gasteiger partial charge in [-0.25, -0.2) is 8.42 Å². The van der Waals surface area contributed by atoms with Crippen molar-refractivity contribution in [2.75, 3.05) is 24.0 Å². The van der Waals surface area contributed by atoms with Crippen LogP contribution >= 0.6 is 0 Å². The smallest absolute Gasteiger partial charge is 0.264 e. The van der Waals surface area contributed by atoms with E-state index in [0.717, 1.165) is 15.4 Å². The molecule has 0 bridgehead atoms. The molecule has 42 heavy (non-hydrogen) atoms. The summed E-state index contributed by atoms with van der Waals surface area (Å²) in [7, 11) is -4.18. The Labute approximate surface area is 250 Å². The molecule has 3 rings (SSSR count). The molecule has 0 heterocycles. The van der Waals surface area contributed by atoms with E-state index < -0.39 is 34.1 Å². The third-order valence-corrected chi connectivity index (χ3v) is 8.46. The van der Waals surface area contributed by atoms with E-state index in [9.17, 15) is 18.0 Å². The van der Waals surface area contributed by atoms with Crippen molar-refractivity contribution in [1.29, 1.82) is 0 Å². The summed E-state index contributed by atoms with van der Waals surface area (Å²) in [6, 6.07) is 22.2. The van der Waals surface area contributed by atoms with Crippen LogP contribution < -0.4 is 14.4 Å². The first-order valence-electron chi connectivity index (χ1n) is 14.3. The van der Waals surface area contributed by atoms with Crippen LogP contribution in [0.15, 0.2) is 83.8 Å². The van der Waals surface area contributed by atoms with Crippen molar-refractivity contribution >= 4 is 27.5 Å². The molecule has 0 aromatic heterocycles. The molecule has 0 fully saturated rings. The summed E-state index contributed by atoms with van der Waals surface area (Å²) in [5, 5.41) is 2.99. The number of rotatable bonds is 13. The number of anilines is 1. The minimum absolute atomic E-state index is 0.0561. The average molecular weight is 594 g/mol. The Balaban J connectivity index is 2.07. The van der Waals surface area contributed by atoms with E-state index in [4.69, 9.17) is 4.74 Å². The number of benzene rings is 3. The van der Waals surface area contributed by atoms with Crippen LogP contribution in [0.5, 0.6) is 5.75 Å². The van der Waals surface area contributed by atoms with Crippen molar-refractivity contribution in [2.24, 2.45) is 0 Å². The first-order valence-corrected chi connectivity index (χ1v) is 15.8. The topological polar surface area (TPSA) is 96.0 Å². The second-order valence-electron chi connectivity index (χ2n) is 11.2. The maximum atomic E-state index is 14.2. The van der Waals surface area contributed by atoms with Gasteiger partial charge in [0.2, 0.25) is 11.8 Å². The Morgan fingerprint density at radius 2 is 1.52 bits per heavy atom. The van der Waals surface area contributed by atoms with Crippen LogP contribution in [-0.4, -0.2) is 56.4 Å². The molecule has 226 valence electrons. The molecule has 3 aromatic rings. The van der Waals surface area contributed by atoms with Gasteiger partial charge < -0.3 is 15.0 Å². The highest BCUT2D eigenvalue weighted by molar-refractivity contribution is 7.92. The molecule has 1 atom stereocenters. The van der Waals surface area contributed by atoms with Crippen molar-refractivity contribution in [1.82, 2.24) is 10.2 Å². The molecular weight excluding hydrogens is 550 g/mol. The average Bonchev–Trinajstić information content (AvgIpc) is 2.94. The van der Waals surface area contributed by atoms with Gasteiger partial charge in [-0.2, -0.15) is 0 Å². The quantitative estimate of drug-likeness (QED) is 0.288. The summed E-state index contributed by atoms with van der Waals surface area (Å²) in [4.78, 5) is 29.2. The molecule has 8 nitrogen and oxygen atoms in total. The van der Waals surface area contributed by atoms with Crippen molar-refractivity contribution in [3.8, 4) is 5.75 Å². The van der Waals surface area contributed by atoms with Gasteiger partial charge in [0, 0.05) is 12.1 Å². The summed E-state index contributed by atoms with van der Waals surface area (Å²) >= 11 is 0. The monoisotopic (exact) mass is 593 g/mol. The van der Waals surface area contributed by atoms with Crippen molar-refractivity contribution < 1.29 is 22.7 Å². The number of sulfonamides is 1. The number of aryl methyl sites for hydroxylation is 1. The van der Waals surface area contributed by atoms with Crippen LogP contribution in [0.25, 0.3) is 0 Å². The van der Waals surface area contributed by atoms with Crippen molar-refractivity contribution in [3.63, 3.8) is 0 Å². The number of nitrogens with zero attached hydrogens (tertiary/aromatic N) is 2. The lowest BCUT2D eigenvalue weighted by molar-refractivity contribution is -0.140. The summed E-state index contributed by atoms with van der Waals surface area (Å²) in [6.45, 7) is 11.2. The molecule has 0 radical (unpaired) electrons. The van der Waals surface area contributed by atoms with Crippen LogP contribution in [0.2, 0.25) is 0 Å². The number of hydrogen-bond donors (Lipinski definition) is 1. The number of carbonyl (C=O) groups is 2. The first-order chi connectivity index (χ1) is 19.9. The highest BCUT2D eigenvalue weighted by Gasteiger charge is 2.35. The normalized spacial score (nSPS) is 12.3. The van der Waals surface area contributed by atoms with E-state index in [-0.39, 0.29) is 23.0 Å². The number of para-hydroxylation sites is 2. The zero-order valence-corrected chi connectivity index (χ0v) is 26.3. The number of amides is 2. The van der Waals surface area contributed by atoms with Crippen LogP contribution in [0, 0.1) is 6.92 Å². The predicted molar refractivity (Wildman–Crippen MR) is 167 cm³/mol. The fraction of sp³-hybridized carbons (Fsp3) is 0.394. The van der Waals surface area contributed by atoms with Gasteiger partial charge in [0.05, 0.1) is 17.2 Å². The van der Waals surface area contributed by atoms with Crippen LogP contribution in [-0.2, 0) is 26.0 Å². The molecule has 0 unspecified atom stereocenters. The molecule has 0 aliphatic heterocycles. The van der Waals surface area contributed by atoms with Crippen molar-refractivity contribution in [3.05, 3.63) is 90.0 Å². The molecule has 0 saturated heterocycles. The van der Waals surface area contributed by atoms with Crippen molar-refractivity contribution in [2.45, 2.75) is 70.9 Å². The lowest BCUT2D eigenvalue weighted by Gasteiger charge is -2.35.